The molecule has 1 aromatic heterocycles. The van der Waals surface area contributed by atoms with Gasteiger partial charge < -0.3 is 11.3 Å². The van der Waals surface area contributed by atoms with Crippen LogP contribution in [0.5, 0.6) is 5.75 Å². The summed E-state index contributed by atoms with van der Waals surface area (Å²) in [5, 5.41) is 18.9. The maximum absolute atomic E-state index is 11.1. The Kier molecular flexibility index (Phi) is 7.87. The zero-order valence-corrected chi connectivity index (χ0v) is 17.5. The summed E-state index contributed by atoms with van der Waals surface area (Å²) >= 11 is 1.10. The third-order valence-electron chi connectivity index (χ3n) is 2.91. The number of rotatable bonds is 5. The molecule has 2 rings (SSSR count). The standard InChI is InChI=1S/C16H16N2O3S.K.H/c1-9(2)8-21-13-5-4-11(6-12(13)7-17)15-18-10(3)14(22-15)16(19)20;;/h4-6,9H,8H2,1-3H3,(H,19,20);;/q;+1;-1. The summed E-state index contributed by atoms with van der Waals surface area (Å²) < 4.78 is 5.61. The van der Waals surface area contributed by atoms with Crippen LogP contribution in [-0.4, -0.2) is 22.7 Å². The fraction of sp³-hybridized carbons (Fsp3) is 0.312. The molecule has 0 atom stereocenters. The van der Waals surface area contributed by atoms with Crippen LogP contribution >= 0.6 is 11.3 Å². The molecule has 0 saturated carbocycles. The molecule has 0 aliphatic heterocycles. The first-order valence-electron chi connectivity index (χ1n) is 6.80. The van der Waals surface area contributed by atoms with E-state index < -0.39 is 5.97 Å². The Bertz CT molecular complexity index is 756. The van der Waals surface area contributed by atoms with Crippen LogP contribution in [0.3, 0.4) is 0 Å². The Morgan fingerprint density at radius 1 is 1.52 bits per heavy atom. The molecule has 5 nitrogen and oxygen atoms in total. The molecule has 7 heteroatoms. The predicted molar refractivity (Wildman–Crippen MR) is 85.4 cm³/mol. The third kappa shape index (κ3) is 5.11. The van der Waals surface area contributed by atoms with Crippen LogP contribution in [0, 0.1) is 24.2 Å². The molecule has 0 fully saturated rings. The first-order valence-corrected chi connectivity index (χ1v) is 7.62. The molecule has 0 radical (unpaired) electrons. The van der Waals surface area contributed by atoms with Crippen LogP contribution in [-0.2, 0) is 0 Å². The summed E-state index contributed by atoms with van der Waals surface area (Å²) in [6.07, 6.45) is 0. The summed E-state index contributed by atoms with van der Waals surface area (Å²) in [5.74, 6) is -0.0868. The van der Waals surface area contributed by atoms with E-state index in [0.29, 0.717) is 40.1 Å². The molecule has 2 aromatic rings. The second-order valence-electron chi connectivity index (χ2n) is 5.27. The Balaban J connectivity index is 0.00000264. The van der Waals surface area contributed by atoms with Crippen molar-refractivity contribution in [1.82, 2.24) is 4.98 Å². The van der Waals surface area contributed by atoms with E-state index in [2.05, 4.69) is 11.1 Å². The predicted octanol–water partition coefficient (Wildman–Crippen LogP) is 0.840. The summed E-state index contributed by atoms with van der Waals surface area (Å²) in [4.78, 5) is 15.6. The van der Waals surface area contributed by atoms with E-state index in [-0.39, 0.29) is 57.7 Å². The van der Waals surface area contributed by atoms with Crippen molar-refractivity contribution in [2.45, 2.75) is 20.8 Å². The Hall–Kier alpha value is -0.754. The zero-order valence-electron chi connectivity index (χ0n) is 14.6. The molecule has 0 aliphatic rings. The number of hydrogen-bond donors (Lipinski definition) is 1. The number of aromatic nitrogens is 1. The van der Waals surface area contributed by atoms with Gasteiger partial charge in [-0.2, -0.15) is 5.26 Å². The monoisotopic (exact) mass is 356 g/mol. The average Bonchev–Trinajstić information content (AvgIpc) is 2.87. The van der Waals surface area contributed by atoms with Gasteiger partial charge in [-0.25, -0.2) is 9.78 Å². The van der Waals surface area contributed by atoms with Gasteiger partial charge >= 0.3 is 57.4 Å². The molecular formula is C16H17KN2O3S. The number of carbonyl (C=O) groups is 1. The van der Waals surface area contributed by atoms with Crippen molar-refractivity contribution in [3.63, 3.8) is 0 Å². The van der Waals surface area contributed by atoms with Crippen LogP contribution in [0.2, 0.25) is 0 Å². The van der Waals surface area contributed by atoms with Crippen molar-refractivity contribution >= 4 is 17.3 Å². The van der Waals surface area contributed by atoms with Gasteiger partial charge in [0.25, 0.3) is 0 Å². The van der Waals surface area contributed by atoms with Crippen molar-refractivity contribution in [2.75, 3.05) is 6.61 Å². The number of carboxylic acid groups (broad SMARTS) is 1. The Morgan fingerprint density at radius 2 is 2.22 bits per heavy atom. The first-order chi connectivity index (χ1) is 10.4. The molecule has 23 heavy (non-hydrogen) atoms. The number of ether oxygens (including phenoxy) is 1. The van der Waals surface area contributed by atoms with Gasteiger partial charge in [-0.1, -0.05) is 13.8 Å². The second-order valence-corrected chi connectivity index (χ2v) is 6.27. The SMILES string of the molecule is Cc1nc(-c2ccc(OCC(C)C)c(C#N)c2)sc1C(=O)O.[H-].[K+]. The molecule has 116 valence electrons. The second kappa shape index (κ2) is 8.92. The summed E-state index contributed by atoms with van der Waals surface area (Å²) in [7, 11) is 0. The molecule has 0 spiro atoms. The topological polar surface area (TPSA) is 83.2 Å². The molecule has 1 aromatic carbocycles. The van der Waals surface area contributed by atoms with E-state index in [0.717, 1.165) is 11.3 Å². The van der Waals surface area contributed by atoms with E-state index in [9.17, 15) is 10.1 Å². The molecule has 0 amide bonds. The molecule has 1 N–H and O–H groups in total. The van der Waals surface area contributed by atoms with Crippen molar-refractivity contribution in [2.24, 2.45) is 5.92 Å². The van der Waals surface area contributed by atoms with Crippen LogP contribution < -0.4 is 56.1 Å². The van der Waals surface area contributed by atoms with Gasteiger partial charge in [0.15, 0.2) is 0 Å². The summed E-state index contributed by atoms with van der Waals surface area (Å²) in [5.41, 5.74) is 1.61. The maximum atomic E-state index is 11.1. The molecule has 0 bridgehead atoms. The van der Waals surface area contributed by atoms with Gasteiger partial charge in [0.05, 0.1) is 17.9 Å². The van der Waals surface area contributed by atoms with Crippen molar-refractivity contribution in [3.8, 4) is 22.4 Å². The Labute approximate surface area is 183 Å². The van der Waals surface area contributed by atoms with Crippen LogP contribution in [0.1, 0.15) is 36.2 Å². The van der Waals surface area contributed by atoms with Crippen LogP contribution in [0.15, 0.2) is 18.2 Å². The number of thiazole rings is 1. The van der Waals surface area contributed by atoms with E-state index in [4.69, 9.17) is 9.84 Å². The van der Waals surface area contributed by atoms with E-state index in [1.54, 1.807) is 25.1 Å². The normalized spacial score (nSPS) is 10.0. The number of nitrogens with zero attached hydrogens (tertiary/aromatic N) is 2. The Morgan fingerprint density at radius 3 is 2.74 bits per heavy atom. The number of carboxylic acids is 1. The average molecular weight is 356 g/mol. The molecule has 0 saturated heterocycles. The largest absolute Gasteiger partial charge is 1.00 e. The van der Waals surface area contributed by atoms with E-state index >= 15 is 0 Å². The molecule has 0 aliphatic carbocycles. The number of benzene rings is 1. The summed E-state index contributed by atoms with van der Waals surface area (Å²) in [6, 6.07) is 7.31. The fourth-order valence-electron chi connectivity index (χ4n) is 1.85. The van der Waals surface area contributed by atoms with Gasteiger partial charge in [-0.05, 0) is 31.0 Å². The van der Waals surface area contributed by atoms with E-state index in [1.165, 1.54) is 0 Å². The number of aromatic carboxylic acids is 1. The van der Waals surface area contributed by atoms with Gasteiger partial charge in [0.2, 0.25) is 0 Å². The summed E-state index contributed by atoms with van der Waals surface area (Å²) in [6.45, 7) is 6.26. The minimum Gasteiger partial charge on any atom is -1.00 e. The van der Waals surface area contributed by atoms with Gasteiger partial charge in [0, 0.05) is 5.56 Å². The van der Waals surface area contributed by atoms with Gasteiger partial charge in [0.1, 0.15) is 21.7 Å². The smallest absolute Gasteiger partial charge is 1.00 e. The molecular weight excluding hydrogens is 339 g/mol. The van der Waals surface area contributed by atoms with Crippen molar-refractivity contribution in [1.29, 1.82) is 5.26 Å². The van der Waals surface area contributed by atoms with Crippen LogP contribution in [0.4, 0.5) is 0 Å². The number of nitriles is 1. The number of hydrogen-bond acceptors (Lipinski definition) is 5. The zero-order chi connectivity index (χ0) is 16.3. The fourth-order valence-corrected chi connectivity index (χ4v) is 2.75. The van der Waals surface area contributed by atoms with Crippen molar-refractivity contribution in [3.05, 3.63) is 34.3 Å². The van der Waals surface area contributed by atoms with Crippen LogP contribution in [0.25, 0.3) is 10.6 Å². The molecule has 1 heterocycles. The third-order valence-corrected chi connectivity index (χ3v) is 4.10. The molecule has 0 unspecified atom stereocenters. The maximum Gasteiger partial charge on any atom is 1.00 e. The number of aryl methyl sites for hydroxylation is 1. The first kappa shape index (κ1) is 20.3. The quantitative estimate of drug-likeness (QED) is 0.803. The van der Waals surface area contributed by atoms with Gasteiger partial charge in [-0.3, -0.25) is 0 Å². The minimum absolute atomic E-state index is 0. The minimum atomic E-state index is -0.987. The van der Waals surface area contributed by atoms with Crippen molar-refractivity contribution < 1.29 is 67.4 Å². The van der Waals surface area contributed by atoms with Gasteiger partial charge in [-0.15, -0.1) is 11.3 Å². The van der Waals surface area contributed by atoms with E-state index in [1.807, 2.05) is 13.8 Å².